The average molecular weight is 366 g/mol. The number of phenols is 2. The molecule has 1 rings (SSSR count). The van der Waals surface area contributed by atoms with Crippen molar-refractivity contribution in [3.05, 3.63) is 23.8 Å². The molecule has 0 radical (unpaired) electrons. The molecule has 0 aliphatic carbocycles. The minimum atomic E-state index is -0.328. The van der Waals surface area contributed by atoms with Gasteiger partial charge in [-0.15, -0.1) is 0 Å². The normalized spacial score (nSPS) is 13.3. The van der Waals surface area contributed by atoms with Crippen molar-refractivity contribution in [2.75, 3.05) is 0 Å². The first-order valence-corrected chi connectivity index (χ1v) is 9.78. The molecule has 2 atom stereocenters. The van der Waals surface area contributed by atoms with Gasteiger partial charge in [-0.2, -0.15) is 0 Å². The maximum absolute atomic E-state index is 11.3. The topological polar surface area (TPSA) is 87.0 Å². The highest BCUT2D eigenvalue weighted by Crippen LogP contribution is 2.23. The zero-order valence-corrected chi connectivity index (χ0v) is 16.1. The molecule has 1 aromatic rings. The Morgan fingerprint density at radius 2 is 1.54 bits per heavy atom. The molecule has 1 aromatic carbocycles. The van der Waals surface area contributed by atoms with E-state index in [1.165, 1.54) is 25.8 Å². The van der Waals surface area contributed by atoms with E-state index in [0.29, 0.717) is 6.42 Å². The Kier molecular flexibility index (Phi) is 10.8. The van der Waals surface area contributed by atoms with Gasteiger partial charge in [0.1, 0.15) is 17.6 Å². The van der Waals surface area contributed by atoms with Crippen LogP contribution < -0.4 is 0 Å². The summed E-state index contributed by atoms with van der Waals surface area (Å²) in [5, 5.41) is 29.1. The van der Waals surface area contributed by atoms with Crippen molar-refractivity contribution in [1.82, 2.24) is 0 Å². The summed E-state index contributed by atoms with van der Waals surface area (Å²) in [6, 6.07) is 4.42. The summed E-state index contributed by atoms with van der Waals surface area (Å²) in [7, 11) is 0. The Morgan fingerprint density at radius 1 is 0.962 bits per heavy atom. The number of aromatic hydroxyl groups is 2. The number of hydrogen-bond acceptors (Lipinski definition) is 5. The van der Waals surface area contributed by atoms with E-state index in [0.717, 1.165) is 50.5 Å². The molecule has 26 heavy (non-hydrogen) atoms. The SMILES string of the molecule is CCCCC[C@H](O)CCCCC[C@H](Cc1cc(O)cc(O)c1)OC(C)=O. The zero-order chi connectivity index (χ0) is 19.4. The second-order valence-corrected chi connectivity index (χ2v) is 7.08. The highest BCUT2D eigenvalue weighted by Gasteiger charge is 2.14. The van der Waals surface area contributed by atoms with Crippen LogP contribution in [0, 0.1) is 0 Å². The molecule has 0 aliphatic rings. The van der Waals surface area contributed by atoms with Gasteiger partial charge in [-0.3, -0.25) is 4.79 Å². The quantitative estimate of drug-likeness (QED) is 0.354. The van der Waals surface area contributed by atoms with E-state index in [-0.39, 0.29) is 29.7 Å². The van der Waals surface area contributed by atoms with Crippen molar-refractivity contribution in [1.29, 1.82) is 0 Å². The van der Waals surface area contributed by atoms with Crippen LogP contribution in [0.4, 0.5) is 0 Å². The third-order valence-corrected chi connectivity index (χ3v) is 4.46. The molecule has 3 N–H and O–H groups in total. The third kappa shape index (κ3) is 10.3. The Hall–Kier alpha value is -1.75. The summed E-state index contributed by atoms with van der Waals surface area (Å²) in [6.07, 6.45) is 8.68. The van der Waals surface area contributed by atoms with Crippen molar-refractivity contribution < 1.29 is 24.9 Å². The molecular weight excluding hydrogens is 332 g/mol. The lowest BCUT2D eigenvalue weighted by molar-refractivity contribution is -0.146. The predicted octanol–water partition coefficient (Wildman–Crippen LogP) is 4.46. The summed E-state index contributed by atoms with van der Waals surface area (Å²) in [4.78, 5) is 11.3. The predicted molar refractivity (Wildman–Crippen MR) is 102 cm³/mol. The molecule has 148 valence electrons. The Balaban J connectivity index is 2.35. The standard InChI is InChI=1S/C21H34O5/c1-3-4-6-9-18(23)10-7-5-8-11-21(26-16(2)22)14-17-12-19(24)15-20(25)13-17/h12-13,15,18,21,23-25H,3-11,14H2,1-2H3/t18-,21+/m0/s1. The maximum atomic E-state index is 11.3. The first-order valence-electron chi connectivity index (χ1n) is 9.78. The Morgan fingerprint density at radius 3 is 2.12 bits per heavy atom. The molecule has 0 bridgehead atoms. The summed E-state index contributed by atoms with van der Waals surface area (Å²) < 4.78 is 5.38. The van der Waals surface area contributed by atoms with Crippen LogP contribution in [0.2, 0.25) is 0 Å². The minimum Gasteiger partial charge on any atom is -0.508 e. The van der Waals surface area contributed by atoms with Gasteiger partial charge in [0.2, 0.25) is 0 Å². The first kappa shape index (κ1) is 22.3. The number of ether oxygens (including phenoxy) is 1. The monoisotopic (exact) mass is 366 g/mol. The molecule has 0 aliphatic heterocycles. The lowest BCUT2D eigenvalue weighted by atomic mass is 10.00. The van der Waals surface area contributed by atoms with Gasteiger partial charge < -0.3 is 20.1 Å². The molecule has 5 nitrogen and oxygen atoms in total. The molecule has 0 saturated heterocycles. The second-order valence-electron chi connectivity index (χ2n) is 7.08. The number of phenolic OH excluding ortho intramolecular Hbond substituents is 2. The van der Waals surface area contributed by atoms with Crippen LogP contribution in [0.25, 0.3) is 0 Å². The van der Waals surface area contributed by atoms with Gasteiger partial charge in [-0.1, -0.05) is 39.0 Å². The molecule has 5 heteroatoms. The number of hydrogen-bond donors (Lipinski definition) is 3. The molecule has 0 fully saturated rings. The number of benzene rings is 1. The van der Waals surface area contributed by atoms with Gasteiger partial charge in [-0.05, 0) is 43.4 Å². The fourth-order valence-corrected chi connectivity index (χ4v) is 3.18. The fourth-order valence-electron chi connectivity index (χ4n) is 3.18. The molecule has 0 unspecified atom stereocenters. The molecule has 0 spiro atoms. The van der Waals surface area contributed by atoms with E-state index in [1.807, 2.05) is 0 Å². The lowest BCUT2D eigenvalue weighted by Crippen LogP contribution is -2.19. The van der Waals surface area contributed by atoms with Crippen LogP contribution in [0.5, 0.6) is 11.5 Å². The van der Waals surface area contributed by atoms with Crippen LogP contribution in [-0.2, 0) is 16.0 Å². The molecule has 0 heterocycles. The van der Waals surface area contributed by atoms with E-state index in [1.54, 1.807) is 12.1 Å². The average Bonchev–Trinajstić information content (AvgIpc) is 2.53. The Labute approximate surface area is 157 Å². The Bertz CT molecular complexity index is 509. The first-order chi connectivity index (χ1) is 12.4. The van der Waals surface area contributed by atoms with Gasteiger partial charge >= 0.3 is 5.97 Å². The van der Waals surface area contributed by atoms with Gasteiger partial charge in [0.05, 0.1) is 6.10 Å². The number of carbonyl (C=O) groups excluding carboxylic acids is 1. The minimum absolute atomic E-state index is 0.00126. The van der Waals surface area contributed by atoms with Gasteiger partial charge in [-0.25, -0.2) is 0 Å². The lowest BCUT2D eigenvalue weighted by Gasteiger charge is -2.17. The number of aliphatic hydroxyl groups is 1. The van der Waals surface area contributed by atoms with Gasteiger partial charge in [0.15, 0.2) is 0 Å². The number of carbonyl (C=O) groups is 1. The van der Waals surface area contributed by atoms with E-state index in [4.69, 9.17) is 4.74 Å². The van der Waals surface area contributed by atoms with E-state index < -0.39 is 0 Å². The smallest absolute Gasteiger partial charge is 0.302 e. The van der Waals surface area contributed by atoms with Crippen LogP contribution in [0.3, 0.4) is 0 Å². The van der Waals surface area contributed by atoms with Crippen molar-refractivity contribution in [3.63, 3.8) is 0 Å². The second kappa shape index (κ2) is 12.6. The summed E-state index contributed by atoms with van der Waals surface area (Å²) in [5.74, 6) is -0.331. The van der Waals surface area contributed by atoms with Crippen molar-refractivity contribution in [3.8, 4) is 11.5 Å². The largest absolute Gasteiger partial charge is 0.508 e. The zero-order valence-electron chi connectivity index (χ0n) is 16.1. The maximum Gasteiger partial charge on any atom is 0.302 e. The van der Waals surface area contributed by atoms with E-state index >= 15 is 0 Å². The van der Waals surface area contributed by atoms with E-state index in [9.17, 15) is 20.1 Å². The van der Waals surface area contributed by atoms with Crippen molar-refractivity contribution >= 4 is 5.97 Å². The van der Waals surface area contributed by atoms with Crippen LogP contribution in [0.1, 0.15) is 77.2 Å². The summed E-state index contributed by atoms with van der Waals surface area (Å²) in [6.45, 7) is 3.55. The third-order valence-electron chi connectivity index (χ3n) is 4.46. The summed E-state index contributed by atoms with van der Waals surface area (Å²) >= 11 is 0. The van der Waals surface area contributed by atoms with E-state index in [2.05, 4.69) is 6.92 Å². The van der Waals surface area contributed by atoms with Crippen molar-refractivity contribution in [2.24, 2.45) is 0 Å². The molecule has 0 saturated carbocycles. The van der Waals surface area contributed by atoms with Crippen LogP contribution in [0.15, 0.2) is 18.2 Å². The number of unbranched alkanes of at least 4 members (excludes halogenated alkanes) is 4. The number of esters is 1. The highest BCUT2D eigenvalue weighted by atomic mass is 16.5. The molecular formula is C21H34O5. The van der Waals surface area contributed by atoms with Gasteiger partial charge in [0.25, 0.3) is 0 Å². The molecule has 0 aromatic heterocycles. The summed E-state index contributed by atoms with van der Waals surface area (Å²) in [5.41, 5.74) is 0.736. The number of rotatable bonds is 13. The van der Waals surface area contributed by atoms with Crippen LogP contribution in [-0.4, -0.2) is 33.5 Å². The fraction of sp³-hybridized carbons (Fsp3) is 0.667. The number of aliphatic hydroxyl groups excluding tert-OH is 1. The van der Waals surface area contributed by atoms with Crippen molar-refractivity contribution in [2.45, 2.75) is 90.3 Å². The van der Waals surface area contributed by atoms with Gasteiger partial charge in [0, 0.05) is 19.4 Å². The molecule has 0 amide bonds. The van der Waals surface area contributed by atoms with Crippen LogP contribution >= 0.6 is 0 Å². The highest BCUT2D eigenvalue weighted by molar-refractivity contribution is 5.66.